The van der Waals surface area contributed by atoms with Gasteiger partial charge in [0, 0.05) is 11.5 Å². The number of halogens is 2. The van der Waals surface area contributed by atoms with E-state index in [9.17, 15) is 14.1 Å². The van der Waals surface area contributed by atoms with Crippen LogP contribution in [0.15, 0.2) is 16.7 Å². The molecule has 0 aromatic heterocycles. The quantitative estimate of drug-likeness (QED) is 0.523. The molecular weight excluding hydrogens is 377 g/mol. The van der Waals surface area contributed by atoms with Crippen molar-refractivity contribution in [1.29, 1.82) is 0 Å². The van der Waals surface area contributed by atoms with Crippen LogP contribution in [0.3, 0.4) is 0 Å². The first-order valence-corrected chi connectivity index (χ1v) is 11.2. The summed E-state index contributed by atoms with van der Waals surface area (Å²) in [6, 6.07) is 2.43. The molecule has 5 rings (SSSR count). The van der Waals surface area contributed by atoms with Crippen LogP contribution in [-0.2, 0) is 0 Å². The molecule has 0 N–H and O–H groups in total. The Labute approximate surface area is 160 Å². The Morgan fingerprint density at radius 1 is 1.27 bits per heavy atom. The van der Waals surface area contributed by atoms with Crippen LogP contribution in [0, 0.1) is 33.9 Å². The third kappa shape index (κ3) is 3.26. The van der Waals surface area contributed by atoms with Gasteiger partial charge in [-0.25, -0.2) is 4.39 Å². The molecule has 1 aromatic carbocycles. The standard InChI is InChI=1S/C19H23ClFNO3S/c1-26(22-24)18(23)14-5-15(20)17(6-16(14)21)25-10-19-7-11-2-12(8-19)4-13(3-11)9-19/h5-6,11-13,26H,2-4,7-10H2,1H3. The van der Waals surface area contributed by atoms with E-state index >= 15 is 0 Å². The van der Waals surface area contributed by atoms with Crippen molar-refractivity contribution >= 4 is 27.8 Å². The highest BCUT2D eigenvalue weighted by atomic mass is 35.5. The number of carbonyl (C=O) groups excluding carboxylic acids is 1. The van der Waals surface area contributed by atoms with E-state index in [0.717, 1.165) is 17.8 Å². The molecule has 0 spiro atoms. The fourth-order valence-electron chi connectivity index (χ4n) is 5.71. The van der Waals surface area contributed by atoms with Crippen LogP contribution in [0.4, 0.5) is 4.39 Å². The third-order valence-corrected chi connectivity index (χ3v) is 7.74. The van der Waals surface area contributed by atoms with Gasteiger partial charge in [0.15, 0.2) is 0 Å². The van der Waals surface area contributed by atoms with Crippen molar-refractivity contribution in [3.8, 4) is 5.75 Å². The number of nitroso groups, excluding NO2 is 1. The van der Waals surface area contributed by atoms with Crippen LogP contribution in [0.2, 0.25) is 5.02 Å². The van der Waals surface area contributed by atoms with Crippen molar-refractivity contribution in [2.24, 2.45) is 27.8 Å². The summed E-state index contributed by atoms with van der Waals surface area (Å²) in [6.07, 6.45) is 9.06. The van der Waals surface area contributed by atoms with Crippen LogP contribution in [0.5, 0.6) is 5.75 Å². The van der Waals surface area contributed by atoms with Gasteiger partial charge < -0.3 is 4.74 Å². The van der Waals surface area contributed by atoms with Crippen LogP contribution in [-0.4, -0.2) is 18.0 Å². The second-order valence-electron chi connectivity index (χ2n) is 8.38. The van der Waals surface area contributed by atoms with Gasteiger partial charge in [-0.1, -0.05) is 22.7 Å². The Balaban J connectivity index is 1.50. The molecule has 0 amide bonds. The second-order valence-corrected chi connectivity index (χ2v) is 10.4. The van der Waals surface area contributed by atoms with Gasteiger partial charge in [0.05, 0.1) is 17.2 Å². The van der Waals surface area contributed by atoms with E-state index in [2.05, 4.69) is 4.58 Å². The smallest absolute Gasteiger partial charge is 0.223 e. The Kier molecular flexibility index (Phi) is 4.76. The van der Waals surface area contributed by atoms with E-state index in [-0.39, 0.29) is 21.8 Å². The summed E-state index contributed by atoms with van der Waals surface area (Å²) in [4.78, 5) is 22.6. The van der Waals surface area contributed by atoms with Crippen LogP contribution in [0.1, 0.15) is 48.9 Å². The van der Waals surface area contributed by atoms with Crippen LogP contribution in [0.25, 0.3) is 0 Å². The SMILES string of the molecule is C[SH](N=O)C(=O)c1cc(Cl)c(OCC23CC4CC(CC(C4)C2)C3)cc1F. The monoisotopic (exact) mass is 399 g/mol. The summed E-state index contributed by atoms with van der Waals surface area (Å²) in [5.74, 6) is 2.01. The minimum absolute atomic E-state index is 0.189. The average molecular weight is 400 g/mol. The molecule has 4 bridgehead atoms. The Bertz CT molecular complexity index is 721. The van der Waals surface area contributed by atoms with Crippen molar-refractivity contribution in [3.63, 3.8) is 0 Å². The third-order valence-electron chi connectivity index (χ3n) is 6.37. The molecule has 7 heteroatoms. The summed E-state index contributed by atoms with van der Waals surface area (Å²) in [5.41, 5.74) is 0.00717. The van der Waals surface area contributed by atoms with E-state index in [1.807, 2.05) is 0 Å². The van der Waals surface area contributed by atoms with Gasteiger partial charge in [0.1, 0.15) is 11.6 Å². The lowest BCUT2D eigenvalue weighted by molar-refractivity contribution is -0.0745. The first kappa shape index (κ1) is 18.2. The average Bonchev–Trinajstić information content (AvgIpc) is 2.59. The number of hydrogen-bond acceptors (Lipinski definition) is 4. The molecule has 4 fully saturated rings. The first-order valence-electron chi connectivity index (χ1n) is 9.12. The van der Waals surface area contributed by atoms with Gasteiger partial charge in [-0.15, -0.1) is 4.91 Å². The highest BCUT2D eigenvalue weighted by Gasteiger charge is 2.51. The number of benzene rings is 1. The maximum atomic E-state index is 14.4. The predicted octanol–water partition coefficient (Wildman–Crippen LogP) is 5.53. The van der Waals surface area contributed by atoms with E-state index in [4.69, 9.17) is 16.3 Å². The fourth-order valence-corrected chi connectivity index (χ4v) is 6.52. The molecule has 1 atom stereocenters. The fraction of sp³-hybridized carbons (Fsp3) is 0.632. The second kappa shape index (κ2) is 6.79. The van der Waals surface area contributed by atoms with Crippen molar-refractivity contribution in [3.05, 3.63) is 33.4 Å². The van der Waals surface area contributed by atoms with Crippen molar-refractivity contribution in [1.82, 2.24) is 0 Å². The number of thiol groups is 1. The van der Waals surface area contributed by atoms with Gasteiger partial charge in [-0.05, 0) is 73.2 Å². The molecule has 142 valence electrons. The summed E-state index contributed by atoms with van der Waals surface area (Å²) in [6.45, 7) is 0.555. The Hall–Kier alpha value is -1.14. The molecule has 0 saturated heterocycles. The topological polar surface area (TPSA) is 55.7 Å². The number of ether oxygens (including phenoxy) is 1. The number of carbonyl (C=O) groups is 1. The van der Waals surface area contributed by atoms with E-state index in [0.29, 0.717) is 6.61 Å². The summed E-state index contributed by atoms with van der Waals surface area (Å²) >= 11 is 4.44. The number of nitrogens with zero attached hydrogens (tertiary/aromatic N) is 1. The highest BCUT2D eigenvalue weighted by Crippen LogP contribution is 2.60. The minimum atomic E-state index is -1.79. The molecule has 4 aliphatic rings. The lowest BCUT2D eigenvalue weighted by Gasteiger charge is -2.56. The zero-order valence-electron chi connectivity index (χ0n) is 14.7. The zero-order chi connectivity index (χ0) is 18.5. The van der Waals surface area contributed by atoms with E-state index in [1.165, 1.54) is 56.9 Å². The minimum Gasteiger partial charge on any atom is -0.491 e. The van der Waals surface area contributed by atoms with Gasteiger partial charge in [0.2, 0.25) is 5.12 Å². The van der Waals surface area contributed by atoms with Crippen molar-refractivity contribution in [2.45, 2.75) is 38.5 Å². The molecule has 4 nitrogen and oxygen atoms in total. The normalized spacial score (nSPS) is 33.8. The largest absolute Gasteiger partial charge is 0.491 e. The van der Waals surface area contributed by atoms with Gasteiger partial charge >= 0.3 is 0 Å². The molecule has 4 aliphatic carbocycles. The van der Waals surface area contributed by atoms with E-state index in [1.54, 1.807) is 0 Å². The van der Waals surface area contributed by atoms with Crippen molar-refractivity contribution in [2.75, 3.05) is 12.9 Å². The predicted molar refractivity (Wildman–Crippen MR) is 103 cm³/mol. The highest BCUT2D eigenvalue weighted by molar-refractivity contribution is 8.28. The maximum absolute atomic E-state index is 14.4. The van der Waals surface area contributed by atoms with Crippen molar-refractivity contribution < 1.29 is 13.9 Å². The lowest BCUT2D eigenvalue weighted by Crippen LogP contribution is -2.48. The Morgan fingerprint density at radius 2 is 1.85 bits per heavy atom. The molecule has 0 aliphatic heterocycles. The van der Waals surface area contributed by atoms with Gasteiger partial charge in [-0.2, -0.15) is 0 Å². The van der Waals surface area contributed by atoms with Crippen LogP contribution >= 0.6 is 22.7 Å². The lowest BCUT2D eigenvalue weighted by atomic mass is 9.50. The first-order chi connectivity index (χ1) is 12.4. The van der Waals surface area contributed by atoms with Crippen LogP contribution < -0.4 is 4.74 Å². The molecule has 1 aromatic rings. The van der Waals surface area contributed by atoms with E-state index < -0.39 is 22.0 Å². The zero-order valence-corrected chi connectivity index (χ0v) is 16.4. The Morgan fingerprint density at radius 3 is 2.38 bits per heavy atom. The molecular formula is C19H23ClFNO3S. The number of hydrogen-bond donors (Lipinski definition) is 1. The number of rotatable bonds is 5. The summed E-state index contributed by atoms with van der Waals surface area (Å²) < 4.78 is 23.1. The summed E-state index contributed by atoms with van der Waals surface area (Å²) in [5, 5.41) is -0.407. The summed E-state index contributed by atoms with van der Waals surface area (Å²) in [7, 11) is 0. The molecule has 4 saturated carbocycles. The molecule has 0 radical (unpaired) electrons. The molecule has 26 heavy (non-hydrogen) atoms. The van der Waals surface area contributed by atoms with Gasteiger partial charge in [0.25, 0.3) is 0 Å². The molecule has 1 unspecified atom stereocenters. The maximum Gasteiger partial charge on any atom is 0.223 e. The molecule has 0 heterocycles. The van der Waals surface area contributed by atoms with Gasteiger partial charge in [-0.3, -0.25) is 4.79 Å².